The fourth-order valence-electron chi connectivity index (χ4n) is 2.32. The van der Waals surface area contributed by atoms with Gasteiger partial charge in [0.25, 0.3) is 0 Å². The van der Waals surface area contributed by atoms with E-state index in [4.69, 9.17) is 4.74 Å². The van der Waals surface area contributed by atoms with E-state index in [1.807, 2.05) is 6.07 Å². The molecule has 0 saturated carbocycles. The topological polar surface area (TPSA) is 37.9 Å². The van der Waals surface area contributed by atoms with Crippen LogP contribution in [0.1, 0.15) is 17.2 Å². The van der Waals surface area contributed by atoms with Crippen LogP contribution in [-0.2, 0) is 4.74 Å². The number of halogens is 3. The first-order chi connectivity index (χ1) is 10.1. The fourth-order valence-corrected chi connectivity index (χ4v) is 2.65. The first kappa shape index (κ1) is 14.2. The summed E-state index contributed by atoms with van der Waals surface area (Å²) in [6, 6.07) is 6.54. The standard InChI is InChI=1S/C15H10BrF2N2O/c1-21-14(13-11(17)3-2-4-12(13)18)10-7-20-15-9(10)5-8(16)6-19-15/h2-3,5-7,14H,1H3,(H,19,20). The van der Waals surface area contributed by atoms with Gasteiger partial charge in [0.05, 0.1) is 5.56 Å². The van der Waals surface area contributed by atoms with E-state index in [1.165, 1.54) is 13.2 Å². The lowest BCUT2D eigenvalue weighted by Crippen LogP contribution is -2.08. The Morgan fingerprint density at radius 2 is 2.24 bits per heavy atom. The summed E-state index contributed by atoms with van der Waals surface area (Å²) in [7, 11) is 1.40. The molecule has 0 fully saturated rings. The third-order valence-electron chi connectivity index (χ3n) is 3.24. The van der Waals surface area contributed by atoms with Gasteiger partial charge < -0.3 is 9.72 Å². The number of aromatic amines is 1. The number of rotatable bonds is 3. The van der Waals surface area contributed by atoms with Crippen LogP contribution in [0.15, 0.2) is 35.1 Å². The Bertz CT molecular complexity index is 783. The highest BCUT2D eigenvalue weighted by Gasteiger charge is 2.24. The number of benzene rings is 1. The van der Waals surface area contributed by atoms with Crippen LogP contribution in [0.25, 0.3) is 11.0 Å². The van der Waals surface area contributed by atoms with Gasteiger partial charge in [-0.1, -0.05) is 0 Å². The average Bonchev–Trinajstić information content (AvgIpc) is 2.86. The maximum atomic E-state index is 14.0. The Kier molecular flexibility index (Phi) is 3.73. The van der Waals surface area contributed by atoms with Crippen molar-refractivity contribution in [1.82, 2.24) is 9.97 Å². The molecule has 3 nitrogen and oxygen atoms in total. The van der Waals surface area contributed by atoms with Gasteiger partial charge in [-0.3, -0.25) is 0 Å². The van der Waals surface area contributed by atoms with E-state index in [9.17, 15) is 8.78 Å². The van der Waals surface area contributed by atoms with Crippen LogP contribution in [0, 0.1) is 17.7 Å². The van der Waals surface area contributed by atoms with Gasteiger partial charge in [0.1, 0.15) is 23.4 Å². The number of nitrogens with one attached hydrogen (secondary N) is 1. The molecular weight excluding hydrogens is 342 g/mol. The van der Waals surface area contributed by atoms with E-state index in [0.29, 0.717) is 11.2 Å². The first-order valence-corrected chi connectivity index (χ1v) is 6.92. The largest absolute Gasteiger partial charge is 0.372 e. The van der Waals surface area contributed by atoms with Gasteiger partial charge >= 0.3 is 0 Å². The van der Waals surface area contributed by atoms with Gasteiger partial charge in [-0.15, -0.1) is 0 Å². The van der Waals surface area contributed by atoms with Crippen molar-refractivity contribution in [1.29, 1.82) is 0 Å². The molecule has 0 aliphatic rings. The molecule has 0 aliphatic heterocycles. The first-order valence-electron chi connectivity index (χ1n) is 6.12. The molecule has 0 aliphatic carbocycles. The van der Waals surface area contributed by atoms with Gasteiger partial charge in [0, 0.05) is 41.0 Å². The van der Waals surface area contributed by atoms with Gasteiger partial charge in [0.2, 0.25) is 0 Å². The molecule has 1 atom stereocenters. The molecule has 2 heterocycles. The van der Waals surface area contributed by atoms with Crippen molar-refractivity contribution in [2.75, 3.05) is 7.11 Å². The summed E-state index contributed by atoms with van der Waals surface area (Å²) in [5.74, 6) is -1.44. The highest BCUT2D eigenvalue weighted by atomic mass is 79.9. The summed E-state index contributed by atoms with van der Waals surface area (Å²) >= 11 is 3.34. The van der Waals surface area contributed by atoms with Crippen LogP contribution in [-0.4, -0.2) is 17.1 Å². The van der Waals surface area contributed by atoms with E-state index in [-0.39, 0.29) is 5.56 Å². The Morgan fingerprint density at radius 1 is 1.43 bits per heavy atom. The summed E-state index contributed by atoms with van der Waals surface area (Å²) in [4.78, 5) is 7.18. The molecule has 6 heteroatoms. The van der Waals surface area contributed by atoms with Gasteiger partial charge in [0.15, 0.2) is 0 Å². The molecule has 1 aromatic carbocycles. The van der Waals surface area contributed by atoms with E-state index in [1.54, 1.807) is 12.4 Å². The Balaban J connectivity index is 2.21. The quantitative estimate of drug-likeness (QED) is 0.769. The van der Waals surface area contributed by atoms with Crippen LogP contribution in [0.4, 0.5) is 8.78 Å². The molecule has 3 aromatic rings. The van der Waals surface area contributed by atoms with Crippen LogP contribution in [0.2, 0.25) is 0 Å². The predicted molar refractivity (Wildman–Crippen MR) is 77.8 cm³/mol. The van der Waals surface area contributed by atoms with Gasteiger partial charge in [-0.25, -0.2) is 13.8 Å². The number of methoxy groups -OCH3 is 1. The average molecular weight is 352 g/mol. The molecular formula is C15H10BrF2N2O. The molecule has 107 valence electrons. The summed E-state index contributed by atoms with van der Waals surface area (Å²) in [6.45, 7) is 0. The lowest BCUT2D eigenvalue weighted by atomic mass is 10.0. The third kappa shape index (κ3) is 2.45. The van der Waals surface area contributed by atoms with E-state index in [2.05, 4.69) is 32.0 Å². The second kappa shape index (κ2) is 5.54. The molecule has 1 unspecified atom stereocenters. The van der Waals surface area contributed by atoms with Crippen molar-refractivity contribution in [2.24, 2.45) is 0 Å². The number of fused-ring (bicyclic) bond motifs is 1. The van der Waals surface area contributed by atoms with Crippen molar-refractivity contribution in [3.05, 3.63) is 63.9 Å². The predicted octanol–water partition coefficient (Wildman–Crippen LogP) is 4.14. The molecule has 2 aromatic heterocycles. The highest BCUT2D eigenvalue weighted by molar-refractivity contribution is 9.10. The van der Waals surface area contributed by atoms with E-state index >= 15 is 0 Å². The Hall–Kier alpha value is -1.79. The van der Waals surface area contributed by atoms with E-state index in [0.717, 1.165) is 15.9 Å². The molecule has 1 N–H and O–H groups in total. The number of aromatic nitrogens is 2. The van der Waals surface area contributed by atoms with Crippen molar-refractivity contribution < 1.29 is 13.5 Å². The number of ether oxygens (including phenoxy) is 1. The van der Waals surface area contributed by atoms with E-state index < -0.39 is 17.7 Å². The summed E-state index contributed by atoms with van der Waals surface area (Å²) in [6.07, 6.45) is 2.40. The molecule has 0 spiro atoms. The minimum Gasteiger partial charge on any atom is -0.372 e. The number of pyridine rings is 1. The zero-order chi connectivity index (χ0) is 15.0. The molecule has 21 heavy (non-hydrogen) atoms. The zero-order valence-electron chi connectivity index (χ0n) is 11.0. The van der Waals surface area contributed by atoms with Crippen molar-refractivity contribution in [2.45, 2.75) is 6.10 Å². The number of hydrogen-bond donors (Lipinski definition) is 1. The molecule has 0 bridgehead atoms. The minimum atomic E-state index is -0.882. The van der Waals surface area contributed by atoms with Crippen molar-refractivity contribution >= 4 is 27.0 Å². The third-order valence-corrected chi connectivity index (χ3v) is 3.68. The Morgan fingerprint density at radius 3 is 2.95 bits per heavy atom. The second-order valence-electron chi connectivity index (χ2n) is 4.46. The van der Waals surface area contributed by atoms with Crippen LogP contribution in [0.3, 0.4) is 0 Å². The molecule has 0 amide bonds. The summed E-state index contributed by atoms with van der Waals surface area (Å²) in [5.41, 5.74) is 1.07. The lowest BCUT2D eigenvalue weighted by molar-refractivity contribution is 0.130. The SMILES string of the molecule is COC(c1c(F)[c]ccc1F)c1c[nH]c2ncc(Br)cc12. The minimum absolute atomic E-state index is 0.166. The van der Waals surface area contributed by atoms with Gasteiger partial charge in [-0.05, 0) is 34.1 Å². The van der Waals surface area contributed by atoms with Crippen molar-refractivity contribution in [3.63, 3.8) is 0 Å². The molecule has 1 radical (unpaired) electrons. The van der Waals surface area contributed by atoms with Crippen LogP contribution < -0.4 is 0 Å². The molecule has 3 rings (SSSR count). The molecule has 0 saturated heterocycles. The van der Waals surface area contributed by atoms with Crippen molar-refractivity contribution in [3.8, 4) is 0 Å². The zero-order valence-corrected chi connectivity index (χ0v) is 12.5. The number of hydrogen-bond acceptors (Lipinski definition) is 2. The van der Waals surface area contributed by atoms with Crippen LogP contribution >= 0.6 is 15.9 Å². The van der Waals surface area contributed by atoms with Crippen LogP contribution in [0.5, 0.6) is 0 Å². The summed E-state index contributed by atoms with van der Waals surface area (Å²) in [5, 5.41) is 0.735. The normalized spacial score (nSPS) is 12.8. The Labute approximate surface area is 128 Å². The number of H-pyrrole nitrogens is 1. The second-order valence-corrected chi connectivity index (χ2v) is 5.38. The maximum Gasteiger partial charge on any atom is 0.140 e. The fraction of sp³-hybridized carbons (Fsp3) is 0.133. The highest BCUT2D eigenvalue weighted by Crippen LogP contribution is 2.34. The monoisotopic (exact) mass is 351 g/mol. The smallest absolute Gasteiger partial charge is 0.140 e. The summed E-state index contributed by atoms with van der Waals surface area (Å²) < 4.78 is 34.0. The number of nitrogens with zero attached hydrogens (tertiary/aromatic N) is 1. The van der Waals surface area contributed by atoms with Gasteiger partial charge in [-0.2, -0.15) is 0 Å². The lowest BCUT2D eigenvalue weighted by Gasteiger charge is -2.16. The maximum absolute atomic E-state index is 14.0.